The maximum atomic E-state index is 12.2. The van der Waals surface area contributed by atoms with E-state index in [2.05, 4.69) is 20.7 Å². The molecule has 3 heterocycles. The number of anilines is 1. The number of carbonyl (C=O) groups excluding carboxylic acids is 1. The second-order valence-electron chi connectivity index (χ2n) is 5.30. The average molecular weight is 303 g/mol. The zero-order chi connectivity index (χ0) is 15.5. The Labute approximate surface area is 129 Å². The zero-order valence-electron chi connectivity index (χ0n) is 12.9. The SMILES string of the molecule is CCOC(=O)c1cnc2c(cnn2CC)c1NC1CCNC1. The van der Waals surface area contributed by atoms with Crippen LogP contribution in [0.25, 0.3) is 11.0 Å². The summed E-state index contributed by atoms with van der Waals surface area (Å²) in [6.45, 7) is 6.76. The largest absolute Gasteiger partial charge is 0.462 e. The topological polar surface area (TPSA) is 81.1 Å². The van der Waals surface area contributed by atoms with Crippen molar-refractivity contribution in [2.75, 3.05) is 25.0 Å². The molecule has 0 amide bonds. The molecule has 1 aliphatic rings. The quantitative estimate of drug-likeness (QED) is 0.813. The highest BCUT2D eigenvalue weighted by Gasteiger charge is 2.22. The van der Waals surface area contributed by atoms with Gasteiger partial charge in [-0.05, 0) is 26.8 Å². The molecule has 2 aromatic rings. The fourth-order valence-corrected chi connectivity index (χ4v) is 2.76. The summed E-state index contributed by atoms with van der Waals surface area (Å²) >= 11 is 0. The molecule has 7 nitrogen and oxygen atoms in total. The zero-order valence-corrected chi connectivity index (χ0v) is 12.9. The Morgan fingerprint density at radius 3 is 3.05 bits per heavy atom. The lowest BCUT2D eigenvalue weighted by Crippen LogP contribution is -2.24. The predicted molar refractivity (Wildman–Crippen MR) is 84.1 cm³/mol. The lowest BCUT2D eigenvalue weighted by Gasteiger charge is -2.16. The van der Waals surface area contributed by atoms with Gasteiger partial charge < -0.3 is 15.4 Å². The second-order valence-corrected chi connectivity index (χ2v) is 5.30. The monoisotopic (exact) mass is 303 g/mol. The lowest BCUT2D eigenvalue weighted by atomic mass is 10.1. The van der Waals surface area contributed by atoms with E-state index in [-0.39, 0.29) is 5.97 Å². The first-order valence-electron chi connectivity index (χ1n) is 7.73. The number of nitrogens with zero attached hydrogens (tertiary/aromatic N) is 3. The number of esters is 1. The molecular formula is C15H21N5O2. The molecule has 0 spiro atoms. The maximum Gasteiger partial charge on any atom is 0.341 e. The van der Waals surface area contributed by atoms with Crippen molar-refractivity contribution in [1.29, 1.82) is 0 Å². The van der Waals surface area contributed by atoms with Crippen molar-refractivity contribution < 1.29 is 9.53 Å². The van der Waals surface area contributed by atoms with E-state index < -0.39 is 0 Å². The van der Waals surface area contributed by atoms with Crippen molar-refractivity contribution >= 4 is 22.7 Å². The van der Waals surface area contributed by atoms with Crippen molar-refractivity contribution in [3.05, 3.63) is 18.0 Å². The number of rotatable bonds is 5. The summed E-state index contributed by atoms with van der Waals surface area (Å²) in [5.41, 5.74) is 2.03. The van der Waals surface area contributed by atoms with E-state index >= 15 is 0 Å². The van der Waals surface area contributed by atoms with E-state index in [4.69, 9.17) is 4.74 Å². The summed E-state index contributed by atoms with van der Waals surface area (Å²) in [6, 6.07) is 0.295. The van der Waals surface area contributed by atoms with Crippen LogP contribution < -0.4 is 10.6 Å². The summed E-state index contributed by atoms with van der Waals surface area (Å²) in [7, 11) is 0. The van der Waals surface area contributed by atoms with Crippen LogP contribution in [0.1, 0.15) is 30.6 Å². The minimum Gasteiger partial charge on any atom is -0.462 e. The molecule has 2 aromatic heterocycles. The molecule has 7 heteroatoms. The Morgan fingerprint density at radius 2 is 2.36 bits per heavy atom. The van der Waals surface area contributed by atoms with E-state index in [0.717, 1.165) is 42.8 Å². The molecular weight excluding hydrogens is 282 g/mol. The molecule has 3 rings (SSSR count). The van der Waals surface area contributed by atoms with Gasteiger partial charge in [-0.15, -0.1) is 0 Å². The van der Waals surface area contributed by atoms with Crippen LogP contribution in [0.4, 0.5) is 5.69 Å². The van der Waals surface area contributed by atoms with Crippen molar-refractivity contribution in [2.24, 2.45) is 0 Å². The number of nitrogens with one attached hydrogen (secondary N) is 2. The predicted octanol–water partition coefficient (Wildman–Crippen LogP) is 1.40. The molecule has 1 saturated heterocycles. The number of hydrogen-bond donors (Lipinski definition) is 2. The van der Waals surface area contributed by atoms with Crippen LogP contribution in [0.15, 0.2) is 12.4 Å². The molecule has 22 heavy (non-hydrogen) atoms. The third kappa shape index (κ3) is 2.64. The van der Waals surface area contributed by atoms with Gasteiger partial charge in [-0.1, -0.05) is 0 Å². The van der Waals surface area contributed by atoms with Gasteiger partial charge in [-0.2, -0.15) is 5.10 Å². The molecule has 1 fully saturated rings. The van der Waals surface area contributed by atoms with Crippen LogP contribution in [0.2, 0.25) is 0 Å². The van der Waals surface area contributed by atoms with Gasteiger partial charge in [-0.3, -0.25) is 0 Å². The highest BCUT2D eigenvalue weighted by Crippen LogP contribution is 2.28. The molecule has 0 saturated carbocycles. The minimum atomic E-state index is -0.352. The van der Waals surface area contributed by atoms with Crippen molar-refractivity contribution in [3.63, 3.8) is 0 Å². The minimum absolute atomic E-state index is 0.295. The van der Waals surface area contributed by atoms with Gasteiger partial charge in [0.15, 0.2) is 5.65 Å². The van der Waals surface area contributed by atoms with Gasteiger partial charge in [0.2, 0.25) is 0 Å². The number of ether oxygens (including phenoxy) is 1. The summed E-state index contributed by atoms with van der Waals surface area (Å²) in [6.07, 6.45) is 4.37. The van der Waals surface area contributed by atoms with Gasteiger partial charge in [0.25, 0.3) is 0 Å². The van der Waals surface area contributed by atoms with Crippen LogP contribution in [0.3, 0.4) is 0 Å². The van der Waals surface area contributed by atoms with E-state index in [1.807, 2.05) is 11.6 Å². The van der Waals surface area contributed by atoms with Crippen LogP contribution in [0, 0.1) is 0 Å². The number of carbonyl (C=O) groups is 1. The van der Waals surface area contributed by atoms with Gasteiger partial charge in [0, 0.05) is 25.3 Å². The maximum absolute atomic E-state index is 12.2. The fourth-order valence-electron chi connectivity index (χ4n) is 2.76. The molecule has 1 unspecified atom stereocenters. The Kier molecular flexibility index (Phi) is 4.24. The van der Waals surface area contributed by atoms with Gasteiger partial charge in [0.05, 0.1) is 23.9 Å². The standard InChI is InChI=1S/C15H21N5O2/c1-3-20-14-11(9-18-20)13(19-10-5-6-16-7-10)12(8-17-14)15(21)22-4-2/h8-10,16H,3-7H2,1-2H3,(H,17,19). The molecule has 0 bridgehead atoms. The Bertz CT molecular complexity index is 676. The third-order valence-corrected chi connectivity index (χ3v) is 3.87. The first-order chi connectivity index (χ1) is 10.7. The van der Waals surface area contributed by atoms with Crippen molar-refractivity contribution in [2.45, 2.75) is 32.9 Å². The first-order valence-corrected chi connectivity index (χ1v) is 7.73. The first kappa shape index (κ1) is 14.8. The average Bonchev–Trinajstić information content (AvgIpc) is 3.16. The smallest absolute Gasteiger partial charge is 0.341 e. The van der Waals surface area contributed by atoms with Crippen LogP contribution in [0.5, 0.6) is 0 Å². The normalized spacial score (nSPS) is 17.8. The van der Waals surface area contributed by atoms with E-state index in [1.165, 1.54) is 0 Å². The molecule has 1 aliphatic heterocycles. The third-order valence-electron chi connectivity index (χ3n) is 3.87. The molecule has 0 aromatic carbocycles. The Morgan fingerprint density at radius 1 is 1.50 bits per heavy atom. The number of aryl methyl sites for hydroxylation is 1. The summed E-state index contributed by atoms with van der Waals surface area (Å²) in [4.78, 5) is 16.6. The fraction of sp³-hybridized carbons (Fsp3) is 0.533. The molecule has 1 atom stereocenters. The van der Waals surface area contributed by atoms with E-state index in [1.54, 1.807) is 19.3 Å². The Balaban J connectivity index is 2.06. The molecule has 118 valence electrons. The number of fused-ring (bicyclic) bond motifs is 1. The van der Waals surface area contributed by atoms with Crippen LogP contribution >= 0.6 is 0 Å². The molecule has 2 N–H and O–H groups in total. The number of pyridine rings is 1. The van der Waals surface area contributed by atoms with Crippen LogP contribution in [-0.2, 0) is 11.3 Å². The summed E-state index contributed by atoms with van der Waals surface area (Å²) in [5.74, 6) is -0.352. The number of aromatic nitrogens is 3. The van der Waals surface area contributed by atoms with Gasteiger partial charge in [0.1, 0.15) is 5.56 Å². The number of hydrogen-bond acceptors (Lipinski definition) is 6. The van der Waals surface area contributed by atoms with Crippen molar-refractivity contribution in [3.8, 4) is 0 Å². The highest BCUT2D eigenvalue weighted by molar-refractivity contribution is 6.04. The summed E-state index contributed by atoms with van der Waals surface area (Å²) in [5, 5.41) is 12.0. The van der Waals surface area contributed by atoms with Crippen LogP contribution in [-0.4, -0.2) is 46.5 Å². The lowest BCUT2D eigenvalue weighted by molar-refractivity contribution is 0.0527. The van der Waals surface area contributed by atoms with Gasteiger partial charge in [-0.25, -0.2) is 14.5 Å². The second kappa shape index (κ2) is 6.31. The molecule has 0 aliphatic carbocycles. The highest BCUT2D eigenvalue weighted by atomic mass is 16.5. The van der Waals surface area contributed by atoms with E-state index in [9.17, 15) is 4.79 Å². The van der Waals surface area contributed by atoms with Crippen molar-refractivity contribution in [1.82, 2.24) is 20.1 Å². The van der Waals surface area contributed by atoms with E-state index in [0.29, 0.717) is 18.2 Å². The summed E-state index contributed by atoms with van der Waals surface area (Å²) < 4.78 is 6.98. The Hall–Kier alpha value is -2.15. The molecule has 0 radical (unpaired) electrons. The van der Waals surface area contributed by atoms with Gasteiger partial charge >= 0.3 is 5.97 Å².